The molecular formula is C4H9LiO4S. The molecule has 10 heavy (non-hydrogen) atoms. The fraction of sp³-hybridized carbons (Fsp3) is 1.00. The maximum Gasteiger partial charge on any atom is 1.00 e. The Kier molecular flexibility index (Phi) is 8.11. The molecule has 0 bridgehead atoms. The maximum absolute atomic E-state index is 9.73. The quantitative estimate of drug-likeness (QED) is 0.194. The van der Waals surface area contributed by atoms with Crippen LogP contribution in [-0.2, 0) is 14.6 Å². The van der Waals surface area contributed by atoms with Gasteiger partial charge in [0.15, 0.2) is 0 Å². The molecule has 0 aromatic heterocycles. The normalized spacial score (nSPS) is 10.6. The van der Waals surface area contributed by atoms with Crippen molar-refractivity contribution in [2.75, 3.05) is 6.61 Å². The van der Waals surface area contributed by atoms with Gasteiger partial charge < -0.3 is 4.55 Å². The summed E-state index contributed by atoms with van der Waals surface area (Å²) in [6.45, 7) is 1.88. The molecule has 0 rings (SSSR count). The third kappa shape index (κ3) is 11.3. The average Bonchev–Trinajstić information content (AvgIpc) is 1.63. The third-order valence-electron chi connectivity index (χ3n) is 0.726. The first-order valence-electron chi connectivity index (χ1n) is 2.66. The van der Waals surface area contributed by atoms with Gasteiger partial charge in [-0.15, -0.1) is 0 Å². The molecule has 0 unspecified atom stereocenters. The van der Waals surface area contributed by atoms with Crippen LogP contribution in [0.15, 0.2) is 0 Å². The SMILES string of the molecule is CCCCOS(=O)(=O)[O-].[Li+]. The zero-order valence-corrected chi connectivity index (χ0v) is 6.98. The second kappa shape index (κ2) is 6.20. The van der Waals surface area contributed by atoms with Crippen LogP contribution in [0.1, 0.15) is 19.8 Å². The van der Waals surface area contributed by atoms with Crippen LogP contribution in [0, 0.1) is 0 Å². The largest absolute Gasteiger partial charge is 1.00 e. The molecule has 4 nitrogen and oxygen atoms in total. The van der Waals surface area contributed by atoms with Gasteiger partial charge in [0.05, 0.1) is 6.61 Å². The number of hydrogen-bond donors (Lipinski definition) is 0. The summed E-state index contributed by atoms with van der Waals surface area (Å²) in [5.74, 6) is 0. The monoisotopic (exact) mass is 160 g/mol. The Morgan fingerprint density at radius 2 is 2.00 bits per heavy atom. The molecule has 0 aromatic rings. The minimum absolute atomic E-state index is 0. The van der Waals surface area contributed by atoms with E-state index in [0.29, 0.717) is 6.42 Å². The van der Waals surface area contributed by atoms with Crippen LogP contribution in [0.25, 0.3) is 0 Å². The molecular weight excluding hydrogens is 151 g/mol. The Labute approximate surface area is 73.1 Å². The van der Waals surface area contributed by atoms with Crippen molar-refractivity contribution in [3.05, 3.63) is 0 Å². The van der Waals surface area contributed by atoms with Gasteiger partial charge in [-0.2, -0.15) is 0 Å². The molecule has 0 N–H and O–H groups in total. The molecule has 0 aliphatic rings. The Morgan fingerprint density at radius 1 is 1.50 bits per heavy atom. The summed E-state index contributed by atoms with van der Waals surface area (Å²) in [5, 5.41) is 0. The summed E-state index contributed by atoms with van der Waals surface area (Å²) < 4.78 is 33.1. The Bertz CT molecular complexity index is 153. The third-order valence-corrected chi connectivity index (χ3v) is 1.18. The Balaban J connectivity index is 0. The van der Waals surface area contributed by atoms with Crippen molar-refractivity contribution in [2.45, 2.75) is 19.8 Å². The van der Waals surface area contributed by atoms with E-state index in [2.05, 4.69) is 4.18 Å². The first-order chi connectivity index (χ1) is 4.06. The first kappa shape index (κ1) is 13.1. The van der Waals surface area contributed by atoms with Crippen LogP contribution in [0.2, 0.25) is 0 Å². The molecule has 0 fully saturated rings. The van der Waals surface area contributed by atoms with E-state index in [0.717, 1.165) is 6.42 Å². The van der Waals surface area contributed by atoms with E-state index >= 15 is 0 Å². The fourth-order valence-electron chi connectivity index (χ4n) is 0.305. The second-order valence-corrected chi connectivity index (χ2v) is 2.64. The summed E-state index contributed by atoms with van der Waals surface area (Å²) in [6.07, 6.45) is 1.41. The van der Waals surface area contributed by atoms with Crippen LogP contribution in [0.5, 0.6) is 0 Å². The van der Waals surface area contributed by atoms with Gasteiger partial charge in [0.25, 0.3) is 0 Å². The summed E-state index contributed by atoms with van der Waals surface area (Å²) in [4.78, 5) is 0. The summed E-state index contributed by atoms with van der Waals surface area (Å²) >= 11 is 0. The van der Waals surface area contributed by atoms with Crippen molar-refractivity contribution in [1.82, 2.24) is 0 Å². The predicted octanol–water partition coefficient (Wildman–Crippen LogP) is -2.73. The molecule has 0 aliphatic carbocycles. The molecule has 6 heteroatoms. The molecule has 0 aromatic carbocycles. The van der Waals surface area contributed by atoms with Crippen molar-refractivity contribution in [1.29, 1.82) is 0 Å². The Hall–Kier alpha value is 0.467. The van der Waals surface area contributed by atoms with Gasteiger partial charge in [-0.05, 0) is 6.42 Å². The fourth-order valence-corrected chi connectivity index (χ4v) is 0.627. The zero-order valence-electron chi connectivity index (χ0n) is 6.16. The molecule has 0 atom stereocenters. The van der Waals surface area contributed by atoms with Gasteiger partial charge >= 0.3 is 18.9 Å². The summed E-state index contributed by atoms with van der Waals surface area (Å²) in [6, 6.07) is 0. The predicted molar refractivity (Wildman–Crippen MR) is 30.6 cm³/mol. The van der Waals surface area contributed by atoms with E-state index in [-0.39, 0.29) is 25.5 Å². The van der Waals surface area contributed by atoms with E-state index in [4.69, 9.17) is 0 Å². The van der Waals surface area contributed by atoms with Crippen LogP contribution in [0.4, 0.5) is 0 Å². The maximum atomic E-state index is 9.73. The van der Waals surface area contributed by atoms with Crippen LogP contribution in [-0.4, -0.2) is 19.6 Å². The number of unbranched alkanes of at least 4 members (excludes halogenated alkanes) is 1. The zero-order chi connectivity index (χ0) is 7.33. The smallest absolute Gasteiger partial charge is 0.726 e. The van der Waals surface area contributed by atoms with E-state index < -0.39 is 10.4 Å². The van der Waals surface area contributed by atoms with Crippen molar-refractivity contribution in [3.63, 3.8) is 0 Å². The van der Waals surface area contributed by atoms with Gasteiger partial charge in [-0.25, -0.2) is 8.42 Å². The van der Waals surface area contributed by atoms with Crippen molar-refractivity contribution < 1.29 is 36.0 Å². The molecule has 0 radical (unpaired) electrons. The average molecular weight is 160 g/mol. The molecule has 0 amide bonds. The summed E-state index contributed by atoms with van der Waals surface area (Å²) in [7, 11) is -4.45. The molecule has 0 spiro atoms. The minimum atomic E-state index is -4.45. The van der Waals surface area contributed by atoms with E-state index in [1.54, 1.807) is 0 Å². The Morgan fingerprint density at radius 3 is 2.30 bits per heavy atom. The first-order valence-corrected chi connectivity index (χ1v) is 4.00. The molecule has 0 saturated heterocycles. The van der Waals surface area contributed by atoms with Crippen LogP contribution in [0.3, 0.4) is 0 Å². The van der Waals surface area contributed by atoms with Gasteiger partial charge in [-0.3, -0.25) is 4.18 Å². The van der Waals surface area contributed by atoms with Gasteiger partial charge in [0.1, 0.15) is 0 Å². The van der Waals surface area contributed by atoms with Crippen molar-refractivity contribution in [3.8, 4) is 0 Å². The van der Waals surface area contributed by atoms with Gasteiger partial charge in [0.2, 0.25) is 10.4 Å². The van der Waals surface area contributed by atoms with Gasteiger partial charge in [0, 0.05) is 0 Å². The van der Waals surface area contributed by atoms with Crippen LogP contribution >= 0.6 is 0 Å². The van der Waals surface area contributed by atoms with Gasteiger partial charge in [-0.1, -0.05) is 13.3 Å². The summed E-state index contributed by atoms with van der Waals surface area (Å²) in [5.41, 5.74) is 0. The molecule has 0 heterocycles. The standard InChI is InChI=1S/C4H10O4S.Li/c1-2-3-4-8-9(5,6)7;/h2-4H2,1H3,(H,5,6,7);/q;+1/p-1. The molecule has 0 aliphatic heterocycles. The number of rotatable bonds is 4. The van der Waals surface area contributed by atoms with Crippen LogP contribution < -0.4 is 18.9 Å². The minimum Gasteiger partial charge on any atom is -0.726 e. The van der Waals surface area contributed by atoms with E-state index in [1.165, 1.54) is 0 Å². The van der Waals surface area contributed by atoms with E-state index in [1.807, 2.05) is 6.92 Å². The van der Waals surface area contributed by atoms with Crippen molar-refractivity contribution >= 4 is 10.4 Å². The second-order valence-electron chi connectivity index (χ2n) is 1.58. The van der Waals surface area contributed by atoms with E-state index in [9.17, 15) is 13.0 Å². The molecule has 56 valence electrons. The number of hydrogen-bond acceptors (Lipinski definition) is 4. The van der Waals surface area contributed by atoms with Crippen molar-refractivity contribution in [2.24, 2.45) is 0 Å². The topological polar surface area (TPSA) is 66.4 Å². The molecule has 0 saturated carbocycles.